The van der Waals surface area contributed by atoms with Crippen molar-refractivity contribution in [1.29, 1.82) is 0 Å². The van der Waals surface area contributed by atoms with Crippen LogP contribution in [0.5, 0.6) is 0 Å². The number of imidazole rings is 2. The molecule has 8 nitrogen and oxygen atoms in total. The molecule has 0 aliphatic rings. The molecule has 9 heteroatoms. The molecule has 0 spiro atoms. The fraction of sp³-hybridized carbons (Fsp3) is 0.0769. The third-order valence-corrected chi connectivity index (χ3v) is 6.07. The quantitative estimate of drug-likeness (QED) is 0.403. The van der Waals surface area contributed by atoms with Gasteiger partial charge in [-0.05, 0) is 42.0 Å². The van der Waals surface area contributed by atoms with Crippen LogP contribution in [0.15, 0.2) is 72.9 Å². The number of rotatable bonds is 4. The number of carbonyl (C=O) groups excluding carboxylic acids is 1. The molecule has 0 atom stereocenters. The van der Waals surface area contributed by atoms with E-state index in [-0.39, 0.29) is 17.4 Å². The number of anilines is 2. The number of nitrogens with one attached hydrogen (secondary N) is 1. The standard InChI is InChI=1S/C26H20FN7O/c1-33-21-8-3-2-7-20(21)30-26(33)32-24(35)16-11-9-15(10-12-16)13-17-14-34-23(29-17)18-5-4-6-19(27)22(18)31-25(34)28/h2-12,14H,13H2,1H3,(H2,28,31)(H,30,32,35). The van der Waals surface area contributed by atoms with Gasteiger partial charge in [0.05, 0.1) is 16.7 Å². The summed E-state index contributed by atoms with van der Waals surface area (Å²) >= 11 is 0. The van der Waals surface area contributed by atoms with Crippen LogP contribution in [0.1, 0.15) is 21.6 Å². The van der Waals surface area contributed by atoms with Gasteiger partial charge in [-0.3, -0.25) is 14.5 Å². The van der Waals surface area contributed by atoms with Gasteiger partial charge in [0, 0.05) is 30.6 Å². The van der Waals surface area contributed by atoms with Crippen LogP contribution in [0, 0.1) is 5.82 Å². The van der Waals surface area contributed by atoms with Gasteiger partial charge in [0.15, 0.2) is 0 Å². The van der Waals surface area contributed by atoms with Gasteiger partial charge in [-0.2, -0.15) is 0 Å². The van der Waals surface area contributed by atoms with Crippen LogP contribution >= 0.6 is 0 Å². The molecule has 3 heterocycles. The minimum absolute atomic E-state index is 0.172. The van der Waals surface area contributed by atoms with Crippen molar-refractivity contribution in [2.45, 2.75) is 6.42 Å². The first-order valence-corrected chi connectivity index (χ1v) is 11.0. The number of benzene rings is 3. The van der Waals surface area contributed by atoms with Crippen LogP contribution in [-0.4, -0.2) is 29.8 Å². The minimum atomic E-state index is -0.436. The average molecular weight is 465 g/mol. The molecule has 0 saturated carbocycles. The molecular weight excluding hydrogens is 445 g/mol. The molecule has 0 aliphatic heterocycles. The Morgan fingerprint density at radius 1 is 1.00 bits per heavy atom. The molecule has 0 unspecified atom stereocenters. The molecule has 3 N–H and O–H groups in total. The number of para-hydroxylation sites is 3. The molecule has 0 radical (unpaired) electrons. The van der Waals surface area contributed by atoms with Gasteiger partial charge in [-0.15, -0.1) is 0 Å². The fourth-order valence-corrected chi connectivity index (χ4v) is 4.27. The first-order chi connectivity index (χ1) is 17.0. The molecule has 3 aromatic heterocycles. The third kappa shape index (κ3) is 3.54. The van der Waals surface area contributed by atoms with Crippen molar-refractivity contribution in [1.82, 2.24) is 23.9 Å². The van der Waals surface area contributed by atoms with E-state index in [1.54, 1.807) is 34.9 Å². The number of nitrogens with two attached hydrogens (primary N) is 1. The number of hydrogen-bond acceptors (Lipinski definition) is 5. The van der Waals surface area contributed by atoms with Crippen molar-refractivity contribution in [3.63, 3.8) is 0 Å². The smallest absolute Gasteiger partial charge is 0.257 e. The van der Waals surface area contributed by atoms with Gasteiger partial charge in [-0.1, -0.05) is 30.3 Å². The van der Waals surface area contributed by atoms with Gasteiger partial charge < -0.3 is 10.3 Å². The van der Waals surface area contributed by atoms with E-state index in [9.17, 15) is 9.18 Å². The summed E-state index contributed by atoms with van der Waals surface area (Å²) in [5, 5.41) is 3.47. The summed E-state index contributed by atoms with van der Waals surface area (Å²) in [6.45, 7) is 0. The second kappa shape index (κ2) is 7.91. The number of nitrogen functional groups attached to an aromatic ring is 1. The molecular formula is C26H20FN7O. The molecule has 6 rings (SSSR count). The van der Waals surface area contributed by atoms with Gasteiger partial charge in [0.25, 0.3) is 5.91 Å². The first kappa shape index (κ1) is 20.8. The Kier molecular flexibility index (Phi) is 4.70. The predicted octanol–water partition coefficient (Wildman–Crippen LogP) is 4.33. The molecule has 0 bridgehead atoms. The van der Waals surface area contributed by atoms with E-state index >= 15 is 0 Å². The summed E-state index contributed by atoms with van der Waals surface area (Å²) < 4.78 is 17.7. The van der Waals surface area contributed by atoms with E-state index in [1.165, 1.54) is 6.07 Å². The number of aromatic nitrogens is 5. The maximum absolute atomic E-state index is 14.2. The summed E-state index contributed by atoms with van der Waals surface area (Å²) in [5.41, 5.74) is 10.8. The Bertz CT molecular complexity index is 1750. The zero-order valence-electron chi connectivity index (χ0n) is 18.7. The second-order valence-electron chi connectivity index (χ2n) is 8.34. The topological polar surface area (TPSA) is 103 Å². The Morgan fingerprint density at radius 3 is 2.60 bits per heavy atom. The van der Waals surface area contributed by atoms with Crippen LogP contribution in [0.25, 0.3) is 27.6 Å². The molecule has 172 valence electrons. The van der Waals surface area contributed by atoms with Gasteiger partial charge >= 0.3 is 0 Å². The first-order valence-electron chi connectivity index (χ1n) is 11.0. The van der Waals surface area contributed by atoms with Crippen molar-refractivity contribution in [3.8, 4) is 0 Å². The molecule has 0 aliphatic carbocycles. The minimum Gasteiger partial charge on any atom is -0.369 e. The van der Waals surface area contributed by atoms with Gasteiger partial charge in [-0.25, -0.2) is 19.3 Å². The Labute approximate surface area is 198 Å². The fourth-order valence-electron chi connectivity index (χ4n) is 4.27. The SMILES string of the molecule is Cn1c(NC(=O)c2ccc(Cc3cn4c(N)nc5c(F)cccc5c4n3)cc2)nc2ccccc21. The van der Waals surface area contributed by atoms with Crippen molar-refractivity contribution >= 4 is 45.4 Å². The van der Waals surface area contributed by atoms with Crippen molar-refractivity contribution in [2.24, 2.45) is 7.05 Å². The summed E-state index contributed by atoms with van der Waals surface area (Å²) in [6.07, 6.45) is 2.32. The average Bonchev–Trinajstić information content (AvgIpc) is 3.42. The van der Waals surface area contributed by atoms with E-state index in [0.717, 1.165) is 22.3 Å². The number of amides is 1. The summed E-state index contributed by atoms with van der Waals surface area (Å²) in [4.78, 5) is 26.1. The van der Waals surface area contributed by atoms with Crippen LogP contribution in [-0.2, 0) is 13.5 Å². The highest BCUT2D eigenvalue weighted by Crippen LogP contribution is 2.24. The highest BCUT2D eigenvalue weighted by molar-refractivity contribution is 6.04. The number of fused-ring (bicyclic) bond motifs is 4. The highest BCUT2D eigenvalue weighted by Gasteiger charge is 2.14. The summed E-state index contributed by atoms with van der Waals surface area (Å²) in [5.74, 6) is -0.0195. The van der Waals surface area contributed by atoms with E-state index in [2.05, 4.69) is 20.3 Å². The Balaban J connectivity index is 1.24. The summed E-state index contributed by atoms with van der Waals surface area (Å²) in [6, 6.07) is 19.8. The molecule has 1 amide bonds. The number of hydrogen-bond donors (Lipinski definition) is 2. The molecule has 0 fully saturated rings. The third-order valence-electron chi connectivity index (χ3n) is 6.07. The van der Waals surface area contributed by atoms with E-state index < -0.39 is 5.82 Å². The molecule has 6 aromatic rings. The Hall–Kier alpha value is -4.79. The maximum Gasteiger partial charge on any atom is 0.257 e. The van der Waals surface area contributed by atoms with Crippen LogP contribution in [0.3, 0.4) is 0 Å². The van der Waals surface area contributed by atoms with Gasteiger partial charge in [0.2, 0.25) is 11.9 Å². The van der Waals surface area contributed by atoms with Crippen LogP contribution < -0.4 is 11.1 Å². The number of nitrogens with zero attached hydrogens (tertiary/aromatic N) is 5. The largest absolute Gasteiger partial charge is 0.369 e. The van der Waals surface area contributed by atoms with Crippen LogP contribution in [0.2, 0.25) is 0 Å². The number of carbonyl (C=O) groups is 1. The highest BCUT2D eigenvalue weighted by atomic mass is 19.1. The lowest BCUT2D eigenvalue weighted by Gasteiger charge is -2.06. The molecule has 35 heavy (non-hydrogen) atoms. The van der Waals surface area contributed by atoms with Crippen molar-refractivity contribution < 1.29 is 9.18 Å². The molecule has 0 saturated heterocycles. The Morgan fingerprint density at radius 2 is 1.80 bits per heavy atom. The monoisotopic (exact) mass is 465 g/mol. The second-order valence-corrected chi connectivity index (χ2v) is 8.34. The predicted molar refractivity (Wildman–Crippen MR) is 133 cm³/mol. The lowest BCUT2D eigenvalue weighted by atomic mass is 10.1. The van der Waals surface area contributed by atoms with Crippen molar-refractivity contribution in [2.75, 3.05) is 11.1 Å². The van der Waals surface area contributed by atoms with Crippen LogP contribution in [0.4, 0.5) is 16.3 Å². The molecule has 3 aromatic carbocycles. The lowest BCUT2D eigenvalue weighted by molar-refractivity contribution is 0.102. The normalized spacial score (nSPS) is 11.5. The lowest BCUT2D eigenvalue weighted by Crippen LogP contribution is -2.15. The van der Waals surface area contributed by atoms with E-state index in [1.807, 2.05) is 48.0 Å². The summed E-state index contributed by atoms with van der Waals surface area (Å²) in [7, 11) is 1.86. The van der Waals surface area contributed by atoms with E-state index in [0.29, 0.717) is 29.0 Å². The van der Waals surface area contributed by atoms with Gasteiger partial charge in [0.1, 0.15) is 17.0 Å². The number of aryl methyl sites for hydroxylation is 1. The van der Waals surface area contributed by atoms with Crippen molar-refractivity contribution in [3.05, 3.63) is 95.6 Å². The number of halogens is 1. The van der Waals surface area contributed by atoms with E-state index in [4.69, 9.17) is 5.73 Å². The maximum atomic E-state index is 14.2. The zero-order chi connectivity index (χ0) is 24.1. The zero-order valence-corrected chi connectivity index (χ0v) is 18.7.